The lowest BCUT2D eigenvalue weighted by Gasteiger charge is -2.46. The molecule has 3 heterocycles. The van der Waals surface area contributed by atoms with Crippen LogP contribution in [0.4, 0.5) is 29.3 Å². The second-order valence-electron chi connectivity index (χ2n) is 16.1. The molecular formula is C41H52F3N9O9S2. The van der Waals surface area contributed by atoms with Crippen molar-refractivity contribution < 1.29 is 53.9 Å². The largest absolute Gasteiger partial charge is 0.444 e. The number of amides is 2. The lowest BCUT2D eigenvalue weighted by atomic mass is 9.75. The lowest BCUT2D eigenvalue weighted by molar-refractivity contribution is -0.122. The van der Waals surface area contributed by atoms with Crippen LogP contribution in [-0.4, -0.2) is 96.1 Å². The van der Waals surface area contributed by atoms with Gasteiger partial charge >= 0.3 is 6.09 Å². The number of benzene rings is 2. The number of halogens is 3. The van der Waals surface area contributed by atoms with Gasteiger partial charge in [-0.05, 0) is 82.1 Å². The summed E-state index contributed by atoms with van der Waals surface area (Å²) < 4.78 is 102. The van der Waals surface area contributed by atoms with Crippen LogP contribution in [0, 0.1) is 17.5 Å². The summed E-state index contributed by atoms with van der Waals surface area (Å²) in [4.78, 5) is 61.5. The van der Waals surface area contributed by atoms with E-state index in [1.165, 1.54) is 44.4 Å². The molecule has 2 aromatic carbocycles. The third-order valence-electron chi connectivity index (χ3n) is 10.9. The van der Waals surface area contributed by atoms with E-state index in [0.29, 0.717) is 0 Å². The van der Waals surface area contributed by atoms with E-state index in [0.717, 1.165) is 33.0 Å². The normalized spacial score (nSPS) is 24.4. The molecule has 64 heavy (non-hydrogen) atoms. The molecule has 2 fully saturated rings. The Labute approximate surface area is 369 Å². The highest BCUT2D eigenvalue weighted by molar-refractivity contribution is 7.90. The van der Waals surface area contributed by atoms with Crippen LogP contribution in [0.25, 0.3) is 0 Å². The number of nitrogens with one attached hydrogen (secondary N) is 2. The molecule has 0 bridgehead atoms. The number of rotatable bonds is 4. The van der Waals surface area contributed by atoms with Gasteiger partial charge < -0.3 is 21.5 Å². The number of Topliss-reactive ketones (excluding diaryl/α,β-unsaturated/α-hetero) is 2. The topological polar surface area (TPSA) is 266 Å². The summed E-state index contributed by atoms with van der Waals surface area (Å²) in [6.45, 7) is 4.96. The van der Waals surface area contributed by atoms with Gasteiger partial charge in [0, 0.05) is 62.3 Å². The number of carbonyl (C=O) groups excluding carboxylic acids is 4. The molecule has 2 aliphatic heterocycles. The number of nitrogen functional groups attached to an aromatic ring is 1. The molecule has 18 nitrogen and oxygen atoms in total. The van der Waals surface area contributed by atoms with Crippen molar-refractivity contribution >= 4 is 66.9 Å². The minimum Gasteiger partial charge on any atom is -0.444 e. The Bertz CT molecular complexity index is 2640. The highest BCUT2D eigenvalue weighted by Crippen LogP contribution is 2.49. The first-order valence-corrected chi connectivity index (χ1v) is 22.0. The number of alkyl carbamates (subject to hydrolysis) is 1. The van der Waals surface area contributed by atoms with Gasteiger partial charge in [0.25, 0.3) is 5.91 Å². The monoisotopic (exact) mass is 935 g/mol. The Morgan fingerprint density at radius 3 is 1.86 bits per heavy atom. The van der Waals surface area contributed by atoms with E-state index in [9.17, 15) is 44.8 Å². The predicted octanol–water partition coefficient (Wildman–Crippen LogP) is 4.67. The van der Waals surface area contributed by atoms with Gasteiger partial charge in [0.1, 0.15) is 61.9 Å². The van der Waals surface area contributed by atoms with Crippen LogP contribution in [-0.2, 0) is 45.5 Å². The Kier molecular flexibility index (Phi) is 14.4. The molecule has 0 spiro atoms. The zero-order chi connectivity index (χ0) is 45.7. The van der Waals surface area contributed by atoms with Crippen LogP contribution < -0.4 is 22.1 Å². The van der Waals surface area contributed by atoms with Crippen LogP contribution in [0.15, 0.2) is 64.7 Å². The number of nitrogens with two attached hydrogens (primary N) is 2. The minimum absolute atomic E-state index is 0. The first kappa shape index (κ1) is 50.5. The molecule has 23 heteroatoms. The predicted molar refractivity (Wildman–Crippen MR) is 233 cm³/mol. The number of aliphatic imine (C=N–C) groups is 2. The molecule has 7 rings (SSSR count). The van der Waals surface area contributed by atoms with E-state index in [1.54, 1.807) is 20.8 Å². The maximum absolute atomic E-state index is 15.0. The second-order valence-corrected chi connectivity index (χ2v) is 20.4. The Morgan fingerprint density at radius 2 is 1.31 bits per heavy atom. The number of carbonyl (C=O) groups is 4. The quantitative estimate of drug-likeness (QED) is 0.260. The van der Waals surface area contributed by atoms with Gasteiger partial charge in [0.15, 0.2) is 0 Å². The van der Waals surface area contributed by atoms with Gasteiger partial charge in [0.2, 0.25) is 32.0 Å². The number of hydrogen-bond acceptors (Lipinski definition) is 14. The lowest BCUT2D eigenvalue weighted by Crippen LogP contribution is -2.61. The van der Waals surface area contributed by atoms with Crippen molar-refractivity contribution in [2.45, 2.75) is 101 Å². The molecule has 6 N–H and O–H groups in total. The molecule has 4 unspecified atom stereocenters. The number of guanidine groups is 2. The number of ether oxygens (including phenoxy) is 1. The van der Waals surface area contributed by atoms with Crippen LogP contribution in [0.5, 0.6) is 0 Å². The first-order chi connectivity index (χ1) is 28.8. The number of pyridine rings is 1. The fourth-order valence-corrected chi connectivity index (χ4v) is 11.6. The number of anilines is 2. The second kappa shape index (κ2) is 18.2. The zero-order valence-electron chi connectivity index (χ0n) is 34.1. The summed E-state index contributed by atoms with van der Waals surface area (Å²) >= 11 is 0. The Morgan fingerprint density at radius 1 is 0.781 bits per heavy atom. The molecule has 1 aromatic heterocycles. The van der Waals surface area contributed by atoms with Gasteiger partial charge in [-0.2, -0.15) is 0 Å². The summed E-state index contributed by atoms with van der Waals surface area (Å²) in [6, 6.07) is 9.70. The van der Waals surface area contributed by atoms with Gasteiger partial charge in [-0.15, -0.1) is 0 Å². The van der Waals surface area contributed by atoms with E-state index >= 15 is 4.39 Å². The van der Waals surface area contributed by atoms with Gasteiger partial charge in [-0.3, -0.25) is 19.7 Å². The summed E-state index contributed by atoms with van der Waals surface area (Å²) in [5.41, 5.74) is 7.81. The van der Waals surface area contributed by atoms with Crippen molar-refractivity contribution in [3.05, 3.63) is 89.0 Å². The van der Waals surface area contributed by atoms with E-state index in [-0.39, 0.29) is 105 Å². The molecule has 4 aliphatic rings. The SMILES string of the molecule is C.C.CN1C(N)=NC2(c3cc(NC(=O)c4ccc(F)cn4)ccc3F)CCC(=O)CC2S1(=O)=O.CN1C(NC(=O)OC(C)(C)C)=NC2(c3cc(N)ccc3F)CCC(=O)CC2S1(=O)=O. The molecule has 2 saturated carbocycles. The molecule has 0 radical (unpaired) electrons. The average molecular weight is 936 g/mol. The molecule has 3 aromatic rings. The van der Waals surface area contributed by atoms with Crippen molar-refractivity contribution in [1.29, 1.82) is 0 Å². The van der Waals surface area contributed by atoms with Crippen molar-refractivity contribution in [2.75, 3.05) is 25.1 Å². The van der Waals surface area contributed by atoms with Crippen molar-refractivity contribution in [1.82, 2.24) is 18.9 Å². The van der Waals surface area contributed by atoms with Gasteiger partial charge in [-0.1, -0.05) is 14.9 Å². The number of nitrogens with zero attached hydrogens (tertiary/aromatic N) is 5. The molecule has 2 aliphatic carbocycles. The first-order valence-electron chi connectivity index (χ1n) is 19.0. The summed E-state index contributed by atoms with van der Waals surface area (Å²) in [5, 5.41) is 2.22. The number of hydrogen-bond donors (Lipinski definition) is 4. The van der Waals surface area contributed by atoms with Crippen molar-refractivity contribution in [3.63, 3.8) is 0 Å². The Hall–Kier alpha value is -6.10. The average Bonchev–Trinajstić information content (AvgIpc) is 3.18. The third kappa shape index (κ3) is 9.54. The number of aromatic nitrogens is 1. The van der Waals surface area contributed by atoms with E-state index in [1.807, 2.05) is 0 Å². The van der Waals surface area contributed by atoms with Gasteiger partial charge in [0.05, 0.1) is 6.20 Å². The zero-order valence-corrected chi connectivity index (χ0v) is 35.7. The number of sulfonamides is 2. The van der Waals surface area contributed by atoms with Crippen LogP contribution in [0.2, 0.25) is 0 Å². The van der Waals surface area contributed by atoms with Gasteiger partial charge in [-0.25, -0.2) is 58.4 Å². The number of ketones is 2. The van der Waals surface area contributed by atoms with E-state index in [2.05, 4.69) is 25.6 Å². The Balaban J connectivity index is 0.000000273. The third-order valence-corrected chi connectivity index (χ3v) is 15.3. The fourth-order valence-electron chi connectivity index (χ4n) is 7.82. The van der Waals surface area contributed by atoms with Crippen LogP contribution in [0.1, 0.15) is 95.8 Å². The van der Waals surface area contributed by atoms with E-state index < -0.39 is 76.7 Å². The summed E-state index contributed by atoms with van der Waals surface area (Å²) in [5.74, 6) is -3.88. The number of fused-ring (bicyclic) bond motifs is 2. The molecule has 2 amide bonds. The minimum atomic E-state index is -4.17. The smallest absolute Gasteiger partial charge is 0.414 e. The fraction of sp³-hybridized carbons (Fsp3) is 0.439. The van der Waals surface area contributed by atoms with Crippen molar-refractivity contribution in [2.24, 2.45) is 15.7 Å². The molecular weight excluding hydrogens is 884 g/mol. The highest BCUT2D eigenvalue weighted by Gasteiger charge is 2.58. The molecule has 4 atom stereocenters. The summed E-state index contributed by atoms with van der Waals surface area (Å²) in [7, 11) is -5.82. The highest BCUT2D eigenvalue weighted by atomic mass is 32.2. The standard InChI is InChI=1S/C20H19F2N5O4S.C19H25FN4O5S.2CH4/c1-27-19(23)26-20(7-6-13(28)9-17(20)32(27,30)31)14-8-12(3-4-15(14)22)25-18(29)16-5-2-11(21)10-24-16;1-18(2,3)29-17(26)22-16-23-19(13-9-11(21)5-6-14(13)20)8-7-12(25)10-15(19)30(27,28)24(16)4;;/h2-5,8,10,17H,6-7,9H2,1H3,(H2,23,26)(H,25,29);5-6,9,15H,7-8,10,21H2,1-4H3,(H,22,23,26);2*1H4. The van der Waals surface area contributed by atoms with Crippen LogP contribution >= 0.6 is 0 Å². The maximum atomic E-state index is 15.0. The van der Waals surface area contributed by atoms with E-state index in [4.69, 9.17) is 16.2 Å². The maximum Gasteiger partial charge on any atom is 0.414 e. The summed E-state index contributed by atoms with van der Waals surface area (Å²) in [6.07, 6.45) is -0.745. The van der Waals surface area contributed by atoms with Crippen molar-refractivity contribution in [3.8, 4) is 0 Å². The molecule has 0 saturated heterocycles. The molecule has 348 valence electrons. The van der Waals surface area contributed by atoms with Crippen LogP contribution in [0.3, 0.4) is 0 Å².